The summed E-state index contributed by atoms with van der Waals surface area (Å²) in [5, 5.41) is 7.42. The number of halogens is 1. The van der Waals surface area contributed by atoms with E-state index in [1.807, 2.05) is 4.90 Å². The summed E-state index contributed by atoms with van der Waals surface area (Å²) in [6.45, 7) is 5.25. The zero-order chi connectivity index (χ0) is 17.8. The van der Waals surface area contributed by atoms with E-state index in [2.05, 4.69) is 34.9 Å². The molecule has 2 heterocycles. The minimum absolute atomic E-state index is 0. The molecule has 2 saturated heterocycles. The van der Waals surface area contributed by atoms with Crippen molar-refractivity contribution in [2.24, 2.45) is 5.92 Å². The van der Waals surface area contributed by atoms with Gasteiger partial charge in [0, 0.05) is 44.7 Å². The molecule has 2 N–H and O–H groups in total. The molecule has 0 bridgehead atoms. The summed E-state index contributed by atoms with van der Waals surface area (Å²) in [5.41, 5.74) is 2.55. The predicted octanol–water partition coefficient (Wildman–Crippen LogP) is 2.48. The van der Waals surface area contributed by atoms with Gasteiger partial charge in [-0.25, -0.2) is 0 Å². The van der Waals surface area contributed by atoms with Crippen LogP contribution in [0, 0.1) is 5.92 Å². The van der Waals surface area contributed by atoms with Crippen LogP contribution in [0.2, 0.25) is 0 Å². The number of carbonyl (C=O) groups is 1. The number of benzene rings is 1. The van der Waals surface area contributed by atoms with E-state index in [1.165, 1.54) is 30.4 Å². The highest BCUT2D eigenvalue weighted by Crippen LogP contribution is 2.29. The molecule has 3 fully saturated rings. The van der Waals surface area contributed by atoms with Gasteiger partial charge in [-0.1, -0.05) is 30.7 Å². The molecule has 4 rings (SSSR count). The van der Waals surface area contributed by atoms with E-state index in [0.29, 0.717) is 30.3 Å². The summed E-state index contributed by atoms with van der Waals surface area (Å²) >= 11 is 0. The molecular formula is C21H32ClN3O2. The van der Waals surface area contributed by atoms with Crippen molar-refractivity contribution in [3.05, 3.63) is 35.4 Å². The number of carbonyl (C=O) groups excluding carboxylic acids is 1. The lowest BCUT2D eigenvalue weighted by Gasteiger charge is -2.33. The SMILES string of the molecule is Cl.O=C1CCCN1Cc1ccc(CNC2CCCC2C2COCCN2)cc1. The molecule has 0 aromatic heterocycles. The Morgan fingerprint density at radius 3 is 2.67 bits per heavy atom. The molecule has 3 unspecified atom stereocenters. The molecule has 6 heteroatoms. The van der Waals surface area contributed by atoms with Crippen LogP contribution in [0.3, 0.4) is 0 Å². The van der Waals surface area contributed by atoms with Gasteiger partial charge in [-0.15, -0.1) is 12.4 Å². The van der Waals surface area contributed by atoms with Crippen molar-refractivity contribution >= 4 is 18.3 Å². The van der Waals surface area contributed by atoms with Crippen molar-refractivity contribution in [2.75, 3.05) is 26.3 Å². The van der Waals surface area contributed by atoms with Crippen molar-refractivity contribution in [2.45, 2.75) is 57.3 Å². The fourth-order valence-electron chi connectivity index (χ4n) is 4.69. The monoisotopic (exact) mass is 393 g/mol. The predicted molar refractivity (Wildman–Crippen MR) is 109 cm³/mol. The highest BCUT2D eigenvalue weighted by atomic mass is 35.5. The van der Waals surface area contributed by atoms with Crippen molar-refractivity contribution in [1.29, 1.82) is 0 Å². The average Bonchev–Trinajstić information content (AvgIpc) is 3.31. The molecule has 0 spiro atoms. The largest absolute Gasteiger partial charge is 0.379 e. The lowest BCUT2D eigenvalue weighted by atomic mass is 9.94. The van der Waals surface area contributed by atoms with Crippen molar-refractivity contribution in [1.82, 2.24) is 15.5 Å². The second-order valence-corrected chi connectivity index (χ2v) is 7.95. The second-order valence-electron chi connectivity index (χ2n) is 7.95. The maximum atomic E-state index is 11.8. The summed E-state index contributed by atoms with van der Waals surface area (Å²) in [7, 11) is 0. The van der Waals surface area contributed by atoms with Gasteiger partial charge in [0.1, 0.15) is 0 Å². The second kappa shape index (κ2) is 9.87. The Hall–Kier alpha value is -1.14. The zero-order valence-electron chi connectivity index (χ0n) is 16.0. The van der Waals surface area contributed by atoms with E-state index < -0.39 is 0 Å². The van der Waals surface area contributed by atoms with Crippen LogP contribution in [0.1, 0.15) is 43.2 Å². The first-order chi connectivity index (χ1) is 12.8. The van der Waals surface area contributed by atoms with E-state index in [9.17, 15) is 4.79 Å². The standard InChI is InChI=1S/C21H31N3O2.ClH/c25-21-5-2-11-24(21)14-17-8-6-16(7-9-17)13-23-19-4-1-3-18(19)20-15-26-12-10-22-20;/h6-9,18-20,22-23H,1-5,10-15H2;1H. The number of morpholine rings is 1. The molecule has 1 amide bonds. The van der Waals surface area contributed by atoms with E-state index in [1.54, 1.807) is 0 Å². The Kier molecular flexibility index (Phi) is 7.53. The van der Waals surface area contributed by atoms with E-state index in [4.69, 9.17) is 4.74 Å². The van der Waals surface area contributed by atoms with Gasteiger partial charge in [0.25, 0.3) is 0 Å². The van der Waals surface area contributed by atoms with Crippen LogP contribution < -0.4 is 10.6 Å². The highest BCUT2D eigenvalue weighted by molar-refractivity contribution is 5.85. The van der Waals surface area contributed by atoms with Crippen molar-refractivity contribution in [3.8, 4) is 0 Å². The van der Waals surface area contributed by atoms with Gasteiger partial charge in [-0.05, 0) is 36.3 Å². The summed E-state index contributed by atoms with van der Waals surface area (Å²) in [6, 6.07) is 9.83. The Bertz CT molecular complexity index is 604. The van der Waals surface area contributed by atoms with Gasteiger partial charge in [-0.2, -0.15) is 0 Å². The lowest BCUT2D eigenvalue weighted by molar-refractivity contribution is -0.128. The Morgan fingerprint density at radius 1 is 1.15 bits per heavy atom. The van der Waals surface area contributed by atoms with Crippen LogP contribution in [-0.2, 0) is 22.6 Å². The smallest absolute Gasteiger partial charge is 0.222 e. The van der Waals surface area contributed by atoms with E-state index >= 15 is 0 Å². The van der Waals surface area contributed by atoms with Crippen molar-refractivity contribution in [3.63, 3.8) is 0 Å². The first kappa shape index (κ1) is 20.6. The molecule has 3 aliphatic rings. The van der Waals surface area contributed by atoms with Gasteiger partial charge >= 0.3 is 0 Å². The molecule has 150 valence electrons. The third-order valence-electron chi connectivity index (χ3n) is 6.17. The zero-order valence-corrected chi connectivity index (χ0v) is 16.8. The first-order valence-corrected chi connectivity index (χ1v) is 10.2. The molecule has 1 aromatic carbocycles. The normalized spacial score (nSPS) is 28.4. The van der Waals surface area contributed by atoms with Crippen LogP contribution in [0.4, 0.5) is 0 Å². The quantitative estimate of drug-likeness (QED) is 0.779. The summed E-state index contributed by atoms with van der Waals surface area (Å²) in [6.07, 6.45) is 5.58. The molecule has 0 radical (unpaired) electrons. The van der Waals surface area contributed by atoms with Crippen LogP contribution in [-0.4, -0.2) is 49.2 Å². The van der Waals surface area contributed by atoms with Crippen LogP contribution in [0.5, 0.6) is 0 Å². The lowest BCUT2D eigenvalue weighted by Crippen LogP contribution is -2.50. The van der Waals surface area contributed by atoms with Gasteiger partial charge in [0.15, 0.2) is 0 Å². The number of nitrogens with zero attached hydrogens (tertiary/aromatic N) is 1. The third kappa shape index (κ3) is 5.23. The molecule has 5 nitrogen and oxygen atoms in total. The highest BCUT2D eigenvalue weighted by Gasteiger charge is 2.34. The van der Waals surface area contributed by atoms with Crippen molar-refractivity contribution < 1.29 is 9.53 Å². The minimum atomic E-state index is 0. The molecule has 1 aromatic rings. The molecule has 27 heavy (non-hydrogen) atoms. The molecule has 2 aliphatic heterocycles. The Morgan fingerprint density at radius 2 is 1.96 bits per heavy atom. The summed E-state index contributed by atoms with van der Waals surface area (Å²) in [4.78, 5) is 13.7. The van der Waals surface area contributed by atoms with Crippen LogP contribution >= 0.6 is 12.4 Å². The van der Waals surface area contributed by atoms with E-state index in [-0.39, 0.29) is 12.4 Å². The molecular weight excluding hydrogens is 362 g/mol. The summed E-state index contributed by atoms with van der Waals surface area (Å²) in [5.74, 6) is 0.971. The van der Waals surface area contributed by atoms with Gasteiger partial charge < -0.3 is 20.3 Å². The minimum Gasteiger partial charge on any atom is -0.379 e. The van der Waals surface area contributed by atoms with Crippen LogP contribution in [0.25, 0.3) is 0 Å². The van der Waals surface area contributed by atoms with Gasteiger partial charge in [-0.3, -0.25) is 4.79 Å². The molecule has 1 aliphatic carbocycles. The number of likely N-dealkylation sites (tertiary alicyclic amines) is 1. The maximum Gasteiger partial charge on any atom is 0.222 e. The summed E-state index contributed by atoms with van der Waals surface area (Å²) < 4.78 is 5.66. The number of hydrogen-bond donors (Lipinski definition) is 2. The number of amides is 1. The number of rotatable bonds is 6. The van der Waals surface area contributed by atoms with Crippen LogP contribution in [0.15, 0.2) is 24.3 Å². The molecule has 1 saturated carbocycles. The third-order valence-corrected chi connectivity index (χ3v) is 6.17. The van der Waals surface area contributed by atoms with Gasteiger partial charge in [0.05, 0.1) is 13.2 Å². The van der Waals surface area contributed by atoms with Gasteiger partial charge in [0.2, 0.25) is 5.91 Å². The fourth-order valence-corrected chi connectivity index (χ4v) is 4.69. The number of hydrogen-bond acceptors (Lipinski definition) is 4. The first-order valence-electron chi connectivity index (χ1n) is 10.2. The average molecular weight is 394 g/mol. The van der Waals surface area contributed by atoms with E-state index in [0.717, 1.165) is 45.8 Å². The Labute approximate surface area is 168 Å². The number of ether oxygens (including phenoxy) is 1. The Balaban J connectivity index is 0.00000210. The fraction of sp³-hybridized carbons (Fsp3) is 0.667. The number of nitrogens with one attached hydrogen (secondary N) is 2. The maximum absolute atomic E-state index is 11.8. The topological polar surface area (TPSA) is 53.6 Å². The molecule has 3 atom stereocenters.